The summed E-state index contributed by atoms with van der Waals surface area (Å²) in [4.78, 5) is 16.5. The molecule has 0 saturated carbocycles. The average Bonchev–Trinajstić information content (AvgIpc) is 3.00. The third kappa shape index (κ3) is 4.28. The van der Waals surface area contributed by atoms with Crippen LogP contribution in [0, 0.1) is 5.92 Å². The molecule has 0 aromatic carbocycles. The van der Waals surface area contributed by atoms with Gasteiger partial charge in [-0.1, -0.05) is 0 Å². The van der Waals surface area contributed by atoms with Crippen molar-refractivity contribution in [1.82, 2.24) is 24.4 Å². The number of nitrogens with one attached hydrogen (secondary N) is 1. The lowest BCUT2D eigenvalue weighted by molar-refractivity contribution is -0.126. The van der Waals surface area contributed by atoms with Crippen LogP contribution in [0.25, 0.3) is 11.3 Å². The van der Waals surface area contributed by atoms with E-state index in [0.717, 1.165) is 17.0 Å². The predicted molar refractivity (Wildman–Crippen MR) is 97.4 cm³/mol. The molecule has 3 heterocycles. The Morgan fingerprint density at radius 1 is 1.35 bits per heavy atom. The quantitative estimate of drug-likeness (QED) is 0.830. The van der Waals surface area contributed by atoms with Gasteiger partial charge in [0, 0.05) is 44.0 Å². The summed E-state index contributed by atoms with van der Waals surface area (Å²) in [5.41, 5.74) is 2.63. The summed E-state index contributed by atoms with van der Waals surface area (Å²) in [6.45, 7) is 1.18. The number of pyridine rings is 1. The van der Waals surface area contributed by atoms with E-state index in [9.17, 15) is 13.2 Å². The minimum atomic E-state index is -3.17. The molecule has 1 saturated heterocycles. The Bertz CT molecular complexity index is 871. The third-order valence-electron chi connectivity index (χ3n) is 4.67. The molecule has 0 radical (unpaired) electrons. The van der Waals surface area contributed by atoms with Crippen molar-refractivity contribution in [3.05, 3.63) is 36.3 Å². The van der Waals surface area contributed by atoms with Gasteiger partial charge in [-0.25, -0.2) is 12.7 Å². The molecule has 1 N–H and O–H groups in total. The number of hydrogen-bond acceptors (Lipinski definition) is 5. The predicted octanol–water partition coefficient (Wildman–Crippen LogP) is 0.770. The molecule has 140 valence electrons. The van der Waals surface area contributed by atoms with E-state index in [0.29, 0.717) is 32.5 Å². The molecular formula is C17H23N5O3S. The van der Waals surface area contributed by atoms with Crippen molar-refractivity contribution in [3.8, 4) is 11.3 Å². The summed E-state index contributed by atoms with van der Waals surface area (Å²) < 4.78 is 26.3. The van der Waals surface area contributed by atoms with Gasteiger partial charge in [0.2, 0.25) is 15.9 Å². The van der Waals surface area contributed by atoms with E-state index in [1.54, 1.807) is 17.1 Å². The molecule has 9 heteroatoms. The molecule has 8 nitrogen and oxygen atoms in total. The number of piperidine rings is 1. The van der Waals surface area contributed by atoms with Crippen LogP contribution in [-0.4, -0.2) is 52.7 Å². The van der Waals surface area contributed by atoms with E-state index in [1.807, 2.05) is 25.2 Å². The van der Waals surface area contributed by atoms with Crippen LogP contribution < -0.4 is 5.32 Å². The fraction of sp³-hybridized carbons (Fsp3) is 0.471. The second-order valence-electron chi connectivity index (χ2n) is 6.54. The first kappa shape index (κ1) is 18.5. The fourth-order valence-corrected chi connectivity index (χ4v) is 3.97. The summed E-state index contributed by atoms with van der Waals surface area (Å²) in [6.07, 6.45) is 5.76. The maximum atomic E-state index is 12.4. The zero-order chi connectivity index (χ0) is 18.7. The lowest BCUT2D eigenvalue weighted by Gasteiger charge is -2.29. The summed E-state index contributed by atoms with van der Waals surface area (Å²) >= 11 is 0. The molecule has 0 atom stereocenters. The first-order valence-electron chi connectivity index (χ1n) is 8.51. The van der Waals surface area contributed by atoms with E-state index in [-0.39, 0.29) is 11.8 Å². The third-order valence-corrected chi connectivity index (χ3v) is 5.97. The van der Waals surface area contributed by atoms with Gasteiger partial charge in [0.15, 0.2) is 0 Å². The maximum absolute atomic E-state index is 12.4. The van der Waals surface area contributed by atoms with Crippen molar-refractivity contribution in [3.63, 3.8) is 0 Å². The molecule has 0 bridgehead atoms. The van der Waals surface area contributed by atoms with Crippen molar-refractivity contribution >= 4 is 15.9 Å². The number of hydrogen-bond donors (Lipinski definition) is 1. The second kappa shape index (κ2) is 7.55. The Morgan fingerprint density at radius 2 is 2.08 bits per heavy atom. The van der Waals surface area contributed by atoms with Gasteiger partial charge < -0.3 is 5.32 Å². The van der Waals surface area contributed by atoms with E-state index >= 15 is 0 Å². The Morgan fingerprint density at radius 3 is 2.69 bits per heavy atom. The van der Waals surface area contributed by atoms with Crippen molar-refractivity contribution < 1.29 is 13.2 Å². The standard InChI is InChI=1S/C17H23N5O3S/c1-21-15(10-16(20-21)14-4-3-7-18-11-14)12-19-17(23)13-5-8-22(9-6-13)26(2,24)25/h3-4,7,10-11,13H,5-6,8-9,12H2,1-2H3,(H,19,23). The van der Waals surface area contributed by atoms with Gasteiger partial charge in [0.25, 0.3) is 0 Å². The van der Waals surface area contributed by atoms with Gasteiger partial charge in [-0.05, 0) is 31.0 Å². The van der Waals surface area contributed by atoms with Crippen LogP contribution in [0.15, 0.2) is 30.6 Å². The number of carbonyl (C=O) groups is 1. The average molecular weight is 377 g/mol. The molecule has 3 rings (SSSR count). The molecule has 0 aliphatic carbocycles. The maximum Gasteiger partial charge on any atom is 0.223 e. The largest absolute Gasteiger partial charge is 0.350 e. The van der Waals surface area contributed by atoms with Crippen LogP contribution in [0.3, 0.4) is 0 Å². The topological polar surface area (TPSA) is 97.2 Å². The summed E-state index contributed by atoms with van der Waals surface area (Å²) in [5.74, 6) is -0.193. The minimum absolute atomic E-state index is 0.0396. The number of rotatable bonds is 5. The van der Waals surface area contributed by atoms with Crippen LogP contribution >= 0.6 is 0 Å². The summed E-state index contributed by atoms with van der Waals surface area (Å²) in [6, 6.07) is 5.73. The summed E-state index contributed by atoms with van der Waals surface area (Å²) in [5, 5.41) is 7.40. The lowest BCUT2D eigenvalue weighted by Crippen LogP contribution is -2.42. The van der Waals surface area contributed by atoms with E-state index < -0.39 is 10.0 Å². The molecule has 2 aromatic heterocycles. The number of nitrogens with zero attached hydrogens (tertiary/aromatic N) is 4. The molecule has 1 aliphatic rings. The van der Waals surface area contributed by atoms with Crippen LogP contribution in [0.4, 0.5) is 0 Å². The molecule has 2 aromatic rings. The van der Waals surface area contributed by atoms with Crippen LogP contribution in [-0.2, 0) is 28.4 Å². The van der Waals surface area contributed by atoms with Crippen molar-refractivity contribution in [2.45, 2.75) is 19.4 Å². The Labute approximate surface area is 153 Å². The molecule has 1 fully saturated rings. The highest BCUT2D eigenvalue weighted by molar-refractivity contribution is 7.88. The van der Waals surface area contributed by atoms with Gasteiger partial charge >= 0.3 is 0 Å². The number of aryl methyl sites for hydroxylation is 1. The molecule has 26 heavy (non-hydrogen) atoms. The fourth-order valence-electron chi connectivity index (χ4n) is 3.10. The minimum Gasteiger partial charge on any atom is -0.350 e. The SMILES string of the molecule is Cn1nc(-c2cccnc2)cc1CNC(=O)C1CCN(S(C)(=O)=O)CC1. The van der Waals surface area contributed by atoms with Gasteiger partial charge in [-0.2, -0.15) is 5.10 Å². The summed E-state index contributed by atoms with van der Waals surface area (Å²) in [7, 11) is -1.34. The second-order valence-corrected chi connectivity index (χ2v) is 8.52. The Kier molecular flexibility index (Phi) is 5.38. The Balaban J connectivity index is 1.56. The van der Waals surface area contributed by atoms with Crippen LogP contribution in [0.1, 0.15) is 18.5 Å². The van der Waals surface area contributed by atoms with Crippen LogP contribution in [0.2, 0.25) is 0 Å². The zero-order valence-corrected chi connectivity index (χ0v) is 15.7. The molecule has 1 aliphatic heterocycles. The monoisotopic (exact) mass is 377 g/mol. The van der Waals surface area contributed by atoms with E-state index in [1.165, 1.54) is 10.6 Å². The first-order chi connectivity index (χ1) is 12.3. The van der Waals surface area contributed by atoms with Crippen molar-refractivity contribution in [2.75, 3.05) is 19.3 Å². The highest BCUT2D eigenvalue weighted by atomic mass is 32.2. The van der Waals surface area contributed by atoms with Crippen LogP contribution in [0.5, 0.6) is 0 Å². The number of aromatic nitrogens is 3. The zero-order valence-electron chi connectivity index (χ0n) is 14.9. The van der Waals surface area contributed by atoms with Crippen molar-refractivity contribution in [1.29, 1.82) is 0 Å². The lowest BCUT2D eigenvalue weighted by atomic mass is 9.97. The van der Waals surface area contributed by atoms with Gasteiger partial charge in [0.05, 0.1) is 24.2 Å². The van der Waals surface area contributed by atoms with Gasteiger partial charge in [0.1, 0.15) is 0 Å². The highest BCUT2D eigenvalue weighted by Crippen LogP contribution is 2.20. The first-order valence-corrected chi connectivity index (χ1v) is 10.4. The van der Waals surface area contributed by atoms with Gasteiger partial charge in [-0.3, -0.25) is 14.5 Å². The normalized spacial score (nSPS) is 16.5. The Hall–Kier alpha value is -2.26. The highest BCUT2D eigenvalue weighted by Gasteiger charge is 2.28. The molecule has 0 spiro atoms. The number of carbonyl (C=O) groups excluding carboxylic acids is 1. The van der Waals surface area contributed by atoms with Gasteiger partial charge in [-0.15, -0.1) is 0 Å². The number of amides is 1. The van der Waals surface area contributed by atoms with E-state index in [2.05, 4.69) is 15.4 Å². The smallest absolute Gasteiger partial charge is 0.223 e. The van der Waals surface area contributed by atoms with Crippen molar-refractivity contribution in [2.24, 2.45) is 13.0 Å². The molecular weight excluding hydrogens is 354 g/mol. The number of sulfonamides is 1. The van der Waals surface area contributed by atoms with E-state index in [4.69, 9.17) is 0 Å². The molecule has 0 unspecified atom stereocenters. The molecule has 1 amide bonds.